The van der Waals surface area contributed by atoms with Crippen LogP contribution in [-0.4, -0.2) is 26.3 Å². The normalized spacial score (nSPS) is 11.5. The Morgan fingerprint density at radius 2 is 1.59 bits per heavy atom. The van der Waals surface area contributed by atoms with Gasteiger partial charge < -0.3 is 0 Å². The summed E-state index contributed by atoms with van der Waals surface area (Å²) < 4.78 is 15.8. The number of hydrogen-bond acceptors (Lipinski definition) is 5. The Bertz CT molecular complexity index is 369. The maximum absolute atomic E-state index is 10.5. The molecule has 0 aliphatic rings. The molecule has 0 radical (unpaired) electrons. The van der Waals surface area contributed by atoms with Crippen LogP contribution in [0.15, 0.2) is 24.3 Å². The fraction of sp³-hybridized carbons (Fsp3) is 0.400. The Morgan fingerprint density at radius 1 is 1.12 bits per heavy atom. The van der Waals surface area contributed by atoms with Gasteiger partial charge in [0.2, 0.25) is 0 Å². The van der Waals surface area contributed by atoms with Crippen LogP contribution in [0, 0.1) is 10.1 Å². The molecule has 0 saturated heterocycles. The summed E-state index contributed by atoms with van der Waals surface area (Å²) >= 11 is 0. The van der Waals surface area contributed by atoms with Crippen LogP contribution in [0.1, 0.15) is 5.56 Å². The molecule has 17 heavy (non-hydrogen) atoms. The molecule has 0 aliphatic carbocycles. The van der Waals surface area contributed by atoms with Crippen LogP contribution in [0.25, 0.3) is 0 Å². The van der Waals surface area contributed by atoms with Gasteiger partial charge in [-0.25, -0.2) is 0 Å². The first-order chi connectivity index (χ1) is 8.06. The van der Waals surface area contributed by atoms with Crippen molar-refractivity contribution in [2.45, 2.75) is 6.16 Å². The van der Waals surface area contributed by atoms with Crippen molar-refractivity contribution in [2.75, 3.05) is 21.3 Å². The van der Waals surface area contributed by atoms with Gasteiger partial charge in [-0.15, -0.1) is 0 Å². The van der Waals surface area contributed by atoms with Gasteiger partial charge in [-0.3, -0.25) is 10.1 Å². The van der Waals surface area contributed by atoms with Gasteiger partial charge in [0.1, 0.15) is 0 Å². The summed E-state index contributed by atoms with van der Waals surface area (Å²) in [5.41, 5.74) is 0.930. The van der Waals surface area contributed by atoms with E-state index >= 15 is 0 Å². The molecule has 0 aromatic heterocycles. The van der Waals surface area contributed by atoms with Crippen molar-refractivity contribution in [3.63, 3.8) is 0 Å². The van der Waals surface area contributed by atoms with E-state index in [9.17, 15) is 10.1 Å². The van der Waals surface area contributed by atoms with E-state index in [0.29, 0.717) is 6.16 Å². The molecule has 0 aliphatic heterocycles. The van der Waals surface area contributed by atoms with Crippen LogP contribution in [0.5, 0.6) is 0 Å². The van der Waals surface area contributed by atoms with Gasteiger partial charge in [0.05, 0.1) is 26.3 Å². The van der Waals surface area contributed by atoms with Gasteiger partial charge in [0.25, 0.3) is 5.69 Å². The van der Waals surface area contributed by atoms with Crippen LogP contribution in [0.3, 0.4) is 0 Å². The van der Waals surface area contributed by atoms with E-state index < -0.39 is 12.9 Å². The molecule has 1 aromatic rings. The summed E-state index contributed by atoms with van der Waals surface area (Å²) in [7, 11) is 2.19. The lowest BCUT2D eigenvalue weighted by molar-refractivity contribution is -0.384. The molecule has 1 rings (SSSR count). The van der Waals surface area contributed by atoms with Crippen LogP contribution >= 0.6 is 7.94 Å². The van der Waals surface area contributed by atoms with Gasteiger partial charge in [0.15, 0.2) is 6.16 Å². The topological polar surface area (TPSA) is 70.8 Å². The average molecular weight is 260 g/mol. The Labute approximate surface area is 100 Å². The molecular weight excluding hydrogens is 245 g/mol. The maximum Gasteiger partial charge on any atom is 0.415 e. The predicted octanol–water partition coefficient (Wildman–Crippen LogP) is 2.80. The number of non-ortho nitro benzene ring substituents is 1. The second kappa shape index (κ2) is 6.02. The maximum atomic E-state index is 10.5. The number of nitrogens with zero attached hydrogens (tertiary/aromatic N) is 1. The summed E-state index contributed by atoms with van der Waals surface area (Å²) in [6.07, 6.45) is 0.453. The first-order valence-corrected chi connectivity index (χ1v) is 6.58. The molecule has 0 bridgehead atoms. The Hall–Kier alpha value is -1.07. The standard InChI is InChI=1S/C10H15NO5P/c1-14-17(15-2,16-3)8-9-4-6-10(7-5-9)11(12)13/h4-7H,8H2,1-3H3/q+1. The molecule has 0 heterocycles. The molecule has 0 amide bonds. The van der Waals surface area contributed by atoms with E-state index in [1.165, 1.54) is 33.5 Å². The van der Waals surface area contributed by atoms with E-state index in [2.05, 4.69) is 0 Å². The van der Waals surface area contributed by atoms with Gasteiger partial charge in [-0.05, 0) is 17.7 Å². The highest BCUT2D eigenvalue weighted by atomic mass is 31.2. The zero-order valence-electron chi connectivity index (χ0n) is 9.95. The summed E-state index contributed by atoms with van der Waals surface area (Å²) in [4.78, 5) is 10.1. The molecule has 7 heteroatoms. The highest BCUT2D eigenvalue weighted by molar-refractivity contribution is 7.60. The molecule has 94 valence electrons. The summed E-state index contributed by atoms with van der Waals surface area (Å²) in [6.45, 7) is 0. The van der Waals surface area contributed by atoms with Crippen LogP contribution in [-0.2, 0) is 19.7 Å². The third-order valence-corrected chi connectivity index (χ3v) is 4.78. The summed E-state index contributed by atoms with van der Waals surface area (Å²) in [5, 5.41) is 10.5. The molecular formula is C10H15NO5P+. The first-order valence-electron chi connectivity index (χ1n) is 4.85. The Balaban J connectivity index is 2.84. The quantitative estimate of drug-likeness (QED) is 0.447. The number of rotatable bonds is 6. The smallest absolute Gasteiger partial charge is 0.258 e. The van der Waals surface area contributed by atoms with Crippen molar-refractivity contribution in [3.05, 3.63) is 39.9 Å². The Morgan fingerprint density at radius 3 is 1.94 bits per heavy atom. The summed E-state index contributed by atoms with van der Waals surface area (Å²) in [5.74, 6) is 0. The first kappa shape index (κ1) is 14.0. The number of benzene rings is 1. The van der Waals surface area contributed by atoms with Gasteiger partial charge >= 0.3 is 7.94 Å². The minimum atomic E-state index is -2.37. The lowest BCUT2D eigenvalue weighted by Crippen LogP contribution is -2.04. The average Bonchev–Trinajstić information content (AvgIpc) is 2.37. The summed E-state index contributed by atoms with van der Waals surface area (Å²) in [6, 6.07) is 6.24. The van der Waals surface area contributed by atoms with Crippen LogP contribution in [0.4, 0.5) is 5.69 Å². The zero-order valence-corrected chi connectivity index (χ0v) is 10.8. The lowest BCUT2D eigenvalue weighted by atomic mass is 10.2. The third-order valence-electron chi connectivity index (χ3n) is 2.36. The van der Waals surface area contributed by atoms with E-state index in [4.69, 9.17) is 13.6 Å². The van der Waals surface area contributed by atoms with Gasteiger partial charge in [-0.2, -0.15) is 13.6 Å². The highest BCUT2D eigenvalue weighted by Gasteiger charge is 2.41. The van der Waals surface area contributed by atoms with E-state index in [-0.39, 0.29) is 5.69 Å². The van der Waals surface area contributed by atoms with Crippen molar-refractivity contribution >= 4 is 13.6 Å². The van der Waals surface area contributed by atoms with Crippen molar-refractivity contribution < 1.29 is 18.5 Å². The zero-order chi connectivity index (χ0) is 12.9. The monoisotopic (exact) mass is 260 g/mol. The minimum Gasteiger partial charge on any atom is -0.258 e. The highest BCUT2D eigenvalue weighted by Crippen LogP contribution is 2.62. The second-order valence-electron chi connectivity index (χ2n) is 3.24. The SMILES string of the molecule is CO[P+](Cc1ccc([N+](=O)[O-])cc1)(OC)OC. The number of nitro groups is 1. The molecule has 0 saturated carbocycles. The Kier molecular flexibility index (Phi) is 4.96. The minimum absolute atomic E-state index is 0.0601. The predicted molar refractivity (Wildman–Crippen MR) is 64.7 cm³/mol. The molecule has 0 fully saturated rings. The lowest BCUT2D eigenvalue weighted by Gasteiger charge is -2.16. The van der Waals surface area contributed by atoms with Crippen molar-refractivity contribution in [2.24, 2.45) is 0 Å². The van der Waals surface area contributed by atoms with Crippen LogP contribution in [0.2, 0.25) is 0 Å². The third kappa shape index (κ3) is 3.44. The molecule has 0 spiro atoms. The van der Waals surface area contributed by atoms with E-state index in [1.54, 1.807) is 12.1 Å². The second-order valence-corrected chi connectivity index (χ2v) is 5.87. The van der Waals surface area contributed by atoms with E-state index in [0.717, 1.165) is 5.56 Å². The van der Waals surface area contributed by atoms with Crippen molar-refractivity contribution in [3.8, 4) is 0 Å². The largest absolute Gasteiger partial charge is 0.415 e. The van der Waals surface area contributed by atoms with E-state index in [1.807, 2.05) is 0 Å². The molecule has 1 aromatic carbocycles. The molecule has 0 N–H and O–H groups in total. The molecule has 0 unspecified atom stereocenters. The molecule has 6 nitrogen and oxygen atoms in total. The van der Waals surface area contributed by atoms with Crippen molar-refractivity contribution in [1.82, 2.24) is 0 Å². The van der Waals surface area contributed by atoms with Gasteiger partial charge in [-0.1, -0.05) is 0 Å². The molecule has 0 atom stereocenters. The number of hydrogen-bond donors (Lipinski definition) is 0. The van der Waals surface area contributed by atoms with Crippen LogP contribution < -0.4 is 0 Å². The van der Waals surface area contributed by atoms with Gasteiger partial charge in [0, 0.05) is 12.1 Å². The fourth-order valence-corrected chi connectivity index (χ4v) is 2.86. The fourth-order valence-electron chi connectivity index (χ4n) is 1.36. The number of nitro benzene ring substituents is 1. The van der Waals surface area contributed by atoms with Crippen molar-refractivity contribution in [1.29, 1.82) is 0 Å².